The zero-order valence-electron chi connectivity index (χ0n) is 44.5. The van der Waals surface area contributed by atoms with Gasteiger partial charge < -0.3 is 174 Å². The topological polar surface area (TPSA) is 583 Å². The van der Waals surface area contributed by atoms with E-state index in [4.69, 9.17) is 61.6 Å². The fourth-order valence-electron chi connectivity index (χ4n) is 10.6. The number of carbonyl (C=O) groups is 2. The third-order valence-electron chi connectivity index (χ3n) is 15.3. The summed E-state index contributed by atoms with van der Waals surface area (Å²) in [5.74, 6) is -1.78. The Bertz CT molecular complexity index is 2040. The van der Waals surface area contributed by atoms with Crippen molar-refractivity contribution >= 4 is 11.8 Å². The zero-order valence-corrected chi connectivity index (χ0v) is 44.5. The van der Waals surface area contributed by atoms with E-state index in [0.29, 0.717) is 0 Å². The molecular formula is C46H78N2O35. The van der Waals surface area contributed by atoms with Crippen LogP contribution in [0.4, 0.5) is 0 Å². The molecule has 7 heterocycles. The van der Waals surface area contributed by atoms with Crippen LogP contribution < -0.4 is 10.6 Å². The Morgan fingerprint density at radius 1 is 0.337 bits per heavy atom. The fraction of sp³-hybridized carbons (Fsp3) is 0.957. The van der Waals surface area contributed by atoms with Crippen LogP contribution in [0.3, 0.4) is 0 Å². The van der Waals surface area contributed by atoms with Gasteiger partial charge in [0.15, 0.2) is 44.0 Å². The number of aliphatic hydroxyl groups excluding tert-OH is 20. The predicted molar refractivity (Wildman–Crippen MR) is 254 cm³/mol. The van der Waals surface area contributed by atoms with Crippen molar-refractivity contribution in [2.45, 2.75) is 236 Å². The van der Waals surface area contributed by atoms with Gasteiger partial charge in [0.05, 0.1) is 45.7 Å². The van der Waals surface area contributed by atoms with Crippen LogP contribution in [0.25, 0.3) is 0 Å². The molecule has 37 heteroatoms. The molecule has 7 saturated heterocycles. The van der Waals surface area contributed by atoms with Gasteiger partial charge in [-0.1, -0.05) is 0 Å². The molecule has 0 aromatic heterocycles. The summed E-state index contributed by atoms with van der Waals surface area (Å²) in [6.07, 6.45) is -64.0. The van der Waals surface area contributed by atoms with Crippen LogP contribution in [0, 0.1) is 0 Å². The van der Waals surface area contributed by atoms with Gasteiger partial charge in [-0.2, -0.15) is 0 Å². The highest BCUT2D eigenvalue weighted by atomic mass is 16.8. The van der Waals surface area contributed by atoms with E-state index in [1.807, 2.05) is 0 Å². The minimum Gasteiger partial charge on any atom is -0.394 e. The number of aliphatic hydroxyl groups is 20. The molecule has 0 aromatic carbocycles. The van der Waals surface area contributed by atoms with Crippen LogP contribution >= 0.6 is 0 Å². The zero-order chi connectivity index (χ0) is 61.2. The monoisotopic (exact) mass is 1220 g/mol. The van der Waals surface area contributed by atoms with Crippen molar-refractivity contribution in [3.63, 3.8) is 0 Å². The summed E-state index contributed by atoms with van der Waals surface area (Å²) in [5.41, 5.74) is 0. The molecule has 0 aromatic rings. The highest BCUT2D eigenvalue weighted by Crippen LogP contribution is 2.38. The maximum Gasteiger partial charge on any atom is 0.217 e. The van der Waals surface area contributed by atoms with E-state index in [1.54, 1.807) is 0 Å². The van der Waals surface area contributed by atoms with Crippen LogP contribution in [0.2, 0.25) is 0 Å². The van der Waals surface area contributed by atoms with E-state index in [1.165, 1.54) is 6.92 Å². The maximum atomic E-state index is 13.2. The van der Waals surface area contributed by atoms with Gasteiger partial charge in [0.1, 0.15) is 165 Å². The van der Waals surface area contributed by atoms with Gasteiger partial charge in [-0.15, -0.1) is 0 Å². The lowest BCUT2D eigenvalue weighted by Gasteiger charge is -2.52. The number of nitrogens with one attached hydrogen (secondary N) is 2. The molecule has 2 amide bonds. The second-order valence-electron chi connectivity index (χ2n) is 21.1. The smallest absolute Gasteiger partial charge is 0.217 e. The SMILES string of the molecule is CC(=O)N[C@H]1[C@H](OC[C@H]2O[C@@H](O[C@H]3[C@H](O)[C@@H](O)C(O)O[C@@H]3CO)[C@H](O)[C@@H](O[C@@H]3O[C@H](CO)[C@@H](O[C@@H]4O[C@@H](C)[C@@H](O)[C@@H](O)[C@@H]4O)[C@H](O[C@@H]4O[C@H](CO)[C@H](O)[C@H](O)[C@H]4O)[C@H]3NC(C)=O)[C@H]2O)O[C@H](CO)[C@@H](O[C@@H]2O[C@H](CO)[C@H](O)[C@H](O)[C@H]2O)[C@@H]1O. The lowest BCUT2D eigenvalue weighted by Crippen LogP contribution is -2.71. The second-order valence-corrected chi connectivity index (χ2v) is 21.1. The Morgan fingerprint density at radius 2 is 0.723 bits per heavy atom. The number of hydrogen-bond donors (Lipinski definition) is 22. The molecule has 7 aliphatic heterocycles. The van der Waals surface area contributed by atoms with Crippen molar-refractivity contribution in [3.05, 3.63) is 0 Å². The van der Waals surface area contributed by atoms with E-state index >= 15 is 0 Å². The summed E-state index contributed by atoms with van der Waals surface area (Å²) in [7, 11) is 0. The third kappa shape index (κ3) is 14.7. The van der Waals surface area contributed by atoms with E-state index in [0.717, 1.165) is 13.8 Å². The highest BCUT2D eigenvalue weighted by molar-refractivity contribution is 5.73. The average Bonchev–Trinajstić information content (AvgIpc) is 3.65. The molecule has 35 atom stereocenters. The van der Waals surface area contributed by atoms with Crippen LogP contribution in [0.5, 0.6) is 0 Å². The number of rotatable bonds is 20. The minimum atomic E-state index is -2.36. The summed E-state index contributed by atoms with van der Waals surface area (Å²) in [4.78, 5) is 25.8. The summed E-state index contributed by atoms with van der Waals surface area (Å²) in [6.45, 7) is -2.73. The molecule has 0 bridgehead atoms. The lowest BCUT2D eigenvalue weighted by molar-refractivity contribution is -0.393. The molecule has 0 aliphatic carbocycles. The molecule has 37 nitrogen and oxygen atoms in total. The van der Waals surface area contributed by atoms with Crippen LogP contribution in [-0.2, 0) is 71.2 Å². The number of ether oxygens (including phenoxy) is 13. The van der Waals surface area contributed by atoms with Crippen molar-refractivity contribution < 1.29 is 173 Å². The Morgan fingerprint density at radius 3 is 1.24 bits per heavy atom. The minimum absolute atomic E-state index is 0.837. The van der Waals surface area contributed by atoms with Crippen molar-refractivity contribution in [2.75, 3.05) is 39.6 Å². The molecule has 0 saturated carbocycles. The van der Waals surface area contributed by atoms with Crippen molar-refractivity contribution in [3.8, 4) is 0 Å². The molecular weight excluding hydrogens is 1140 g/mol. The Labute approximate surface area is 470 Å². The fourth-order valence-corrected chi connectivity index (χ4v) is 10.6. The van der Waals surface area contributed by atoms with Gasteiger partial charge in [0.2, 0.25) is 11.8 Å². The van der Waals surface area contributed by atoms with Crippen molar-refractivity contribution in [2.24, 2.45) is 0 Å². The largest absolute Gasteiger partial charge is 0.394 e. The summed E-state index contributed by atoms with van der Waals surface area (Å²) in [6, 6.07) is -3.65. The molecule has 1 unspecified atom stereocenters. The molecule has 0 spiro atoms. The Kier molecular flexibility index (Phi) is 24.0. The maximum absolute atomic E-state index is 13.2. The van der Waals surface area contributed by atoms with Gasteiger partial charge >= 0.3 is 0 Å². The van der Waals surface area contributed by atoms with E-state index < -0.39 is 266 Å². The first-order chi connectivity index (χ1) is 39.2. The van der Waals surface area contributed by atoms with E-state index in [9.17, 15) is 112 Å². The van der Waals surface area contributed by atoms with Crippen molar-refractivity contribution in [1.29, 1.82) is 0 Å². The van der Waals surface area contributed by atoms with Gasteiger partial charge in [-0.25, -0.2) is 0 Å². The number of amides is 2. The first kappa shape index (κ1) is 68.1. The highest BCUT2D eigenvalue weighted by Gasteiger charge is 2.59. The lowest BCUT2D eigenvalue weighted by atomic mass is 9.93. The van der Waals surface area contributed by atoms with Gasteiger partial charge in [0.25, 0.3) is 0 Å². The normalized spacial score (nSPS) is 50.8. The Balaban J connectivity index is 1.22. The quantitative estimate of drug-likeness (QED) is 0.0538. The molecule has 83 heavy (non-hydrogen) atoms. The summed E-state index contributed by atoms with van der Waals surface area (Å²) in [5, 5.41) is 220. The Hall–Kier alpha value is -2.38. The molecule has 7 aliphatic rings. The average molecular weight is 1220 g/mol. The van der Waals surface area contributed by atoms with Gasteiger partial charge in [0, 0.05) is 13.8 Å². The van der Waals surface area contributed by atoms with Crippen molar-refractivity contribution in [1.82, 2.24) is 10.6 Å². The first-order valence-corrected chi connectivity index (χ1v) is 26.5. The number of carbonyl (C=O) groups excluding carboxylic acids is 2. The third-order valence-corrected chi connectivity index (χ3v) is 15.3. The van der Waals surface area contributed by atoms with E-state index in [-0.39, 0.29) is 0 Å². The predicted octanol–water partition coefficient (Wildman–Crippen LogP) is -15.0. The standard InChI is InChI=1S/C46H78N2O35/c1-10-21(56)26(61)31(66)43(72-10)81-37-17(8-53)77-42(20(48-12(3)55)38(37)82-45-33(68)28(63)23(58)14(5-50)75-45)83-39-24(59)18(78-46(34(39)69)80-36-15(6-51)73-40(70)30(65)29(36)64)9-71-41-19(47-11(2)54)25(60)35(16(7-52)76-41)79-44-32(67)27(62)22(57)13(4-49)74-44/h10,13-46,49-53,56-70H,4-9H2,1-3H3,(H,47,54)(H,48,55)/t10-,13+,14+,15+,16+,17+,18+,19+,20+,21+,22-,23-,24-,25+,26+,27-,28-,29+,30+,31-,32+,33+,34+,35+,36+,37+,38+,39-,40?,41+,42-,43-,44-,45-,46-/m0/s1. The van der Waals surface area contributed by atoms with Crippen LogP contribution in [0.1, 0.15) is 20.8 Å². The van der Waals surface area contributed by atoms with Gasteiger partial charge in [-0.3, -0.25) is 9.59 Å². The van der Waals surface area contributed by atoms with Crippen LogP contribution in [-0.4, -0.2) is 368 Å². The molecule has 482 valence electrons. The molecule has 22 N–H and O–H groups in total. The molecule has 7 fully saturated rings. The van der Waals surface area contributed by atoms with E-state index in [2.05, 4.69) is 10.6 Å². The van der Waals surface area contributed by atoms with Gasteiger partial charge in [-0.05, 0) is 6.92 Å². The first-order valence-electron chi connectivity index (χ1n) is 26.5. The molecule has 0 radical (unpaired) electrons. The molecule has 7 rings (SSSR count). The summed E-state index contributed by atoms with van der Waals surface area (Å²) < 4.78 is 75.9. The van der Waals surface area contributed by atoms with Crippen LogP contribution in [0.15, 0.2) is 0 Å². The number of hydrogen-bond acceptors (Lipinski definition) is 35. The second kappa shape index (κ2) is 29.3. The summed E-state index contributed by atoms with van der Waals surface area (Å²) >= 11 is 0.